The average molecular weight is 180 g/mol. The van der Waals surface area contributed by atoms with Crippen LogP contribution in [0.25, 0.3) is 0 Å². The molecule has 1 aromatic rings. The second-order valence-electron chi connectivity index (χ2n) is 2.45. The van der Waals surface area contributed by atoms with Gasteiger partial charge in [0.05, 0.1) is 5.56 Å². The van der Waals surface area contributed by atoms with Crippen molar-refractivity contribution in [1.82, 2.24) is 0 Å². The highest BCUT2D eigenvalue weighted by atomic mass is 16.1. The molecule has 4 N–H and O–H groups in total. The summed E-state index contributed by atoms with van der Waals surface area (Å²) in [5, 5.41) is 0. The van der Waals surface area contributed by atoms with Crippen LogP contribution in [0.15, 0.2) is 18.2 Å². The molecule has 3 nitrogen and oxygen atoms in total. The fourth-order valence-corrected chi connectivity index (χ4v) is 0.907. The largest absolute Gasteiger partial charge is 0.398 e. The van der Waals surface area contributed by atoms with Crippen molar-refractivity contribution in [2.24, 2.45) is 5.73 Å². The van der Waals surface area contributed by atoms with Gasteiger partial charge < -0.3 is 11.5 Å². The first-order valence-corrected chi connectivity index (χ1v) is 4.27. The Kier molecular flexibility index (Phi) is 4.59. The van der Waals surface area contributed by atoms with E-state index >= 15 is 0 Å². The highest BCUT2D eigenvalue weighted by Crippen LogP contribution is 2.12. The molecule has 0 aliphatic rings. The molecule has 1 rings (SSSR count). The molecule has 0 saturated carbocycles. The lowest BCUT2D eigenvalue weighted by Crippen LogP contribution is -2.13. The Morgan fingerprint density at radius 3 is 2.23 bits per heavy atom. The van der Waals surface area contributed by atoms with Crippen molar-refractivity contribution in [3.63, 3.8) is 0 Å². The number of nitrogen functional groups attached to an aromatic ring is 1. The molecule has 0 unspecified atom stereocenters. The smallest absolute Gasteiger partial charge is 0.250 e. The summed E-state index contributed by atoms with van der Waals surface area (Å²) in [5.41, 5.74) is 12.4. The van der Waals surface area contributed by atoms with Gasteiger partial charge in [-0.1, -0.05) is 19.9 Å². The predicted octanol–water partition coefficient (Wildman–Crippen LogP) is 1.70. The number of aryl methyl sites for hydroxylation is 1. The number of carbonyl (C=O) groups is 1. The van der Waals surface area contributed by atoms with Gasteiger partial charge in [0, 0.05) is 5.69 Å². The molecule has 3 heteroatoms. The van der Waals surface area contributed by atoms with E-state index in [-0.39, 0.29) is 0 Å². The van der Waals surface area contributed by atoms with Crippen molar-refractivity contribution in [3.05, 3.63) is 29.3 Å². The quantitative estimate of drug-likeness (QED) is 0.646. The van der Waals surface area contributed by atoms with Gasteiger partial charge in [0.1, 0.15) is 0 Å². The van der Waals surface area contributed by atoms with Crippen molar-refractivity contribution in [2.45, 2.75) is 20.8 Å². The van der Waals surface area contributed by atoms with Crippen molar-refractivity contribution in [3.8, 4) is 0 Å². The van der Waals surface area contributed by atoms with Crippen LogP contribution in [0.2, 0.25) is 0 Å². The molecule has 0 bridgehead atoms. The number of carbonyl (C=O) groups excluding carboxylic acids is 1. The molecule has 0 heterocycles. The minimum Gasteiger partial charge on any atom is -0.398 e. The molecule has 0 aromatic heterocycles. The number of anilines is 1. The molecular weight excluding hydrogens is 164 g/mol. The maximum absolute atomic E-state index is 10.7. The topological polar surface area (TPSA) is 69.1 Å². The zero-order valence-electron chi connectivity index (χ0n) is 8.29. The Labute approximate surface area is 78.7 Å². The van der Waals surface area contributed by atoms with Crippen LogP contribution < -0.4 is 11.5 Å². The fraction of sp³-hybridized carbons (Fsp3) is 0.300. The van der Waals surface area contributed by atoms with E-state index in [9.17, 15) is 4.79 Å². The maximum Gasteiger partial charge on any atom is 0.250 e. The summed E-state index contributed by atoms with van der Waals surface area (Å²) >= 11 is 0. The number of hydrogen-bond donors (Lipinski definition) is 2. The Morgan fingerprint density at radius 2 is 1.85 bits per heavy atom. The van der Waals surface area contributed by atoms with E-state index < -0.39 is 5.91 Å². The normalized spacial score (nSPS) is 8.54. The molecule has 0 aliphatic heterocycles. The standard InChI is InChI=1S/C8H10N2O.C2H6/c1-5-2-3-6(8(10)11)7(9)4-5;1-2/h2-4H,9H2,1H3,(H2,10,11);1-2H3. The van der Waals surface area contributed by atoms with E-state index in [1.807, 2.05) is 20.8 Å². The molecule has 1 aromatic carbocycles. The van der Waals surface area contributed by atoms with Crippen LogP contribution in [-0.2, 0) is 0 Å². The van der Waals surface area contributed by atoms with E-state index in [1.165, 1.54) is 0 Å². The molecule has 13 heavy (non-hydrogen) atoms. The summed E-state index contributed by atoms with van der Waals surface area (Å²) in [7, 11) is 0. The summed E-state index contributed by atoms with van der Waals surface area (Å²) < 4.78 is 0. The van der Waals surface area contributed by atoms with E-state index in [1.54, 1.807) is 18.2 Å². The number of nitrogens with two attached hydrogens (primary N) is 2. The van der Waals surface area contributed by atoms with E-state index in [0.717, 1.165) is 5.56 Å². The van der Waals surface area contributed by atoms with E-state index in [0.29, 0.717) is 11.3 Å². The second-order valence-corrected chi connectivity index (χ2v) is 2.45. The van der Waals surface area contributed by atoms with E-state index in [4.69, 9.17) is 11.5 Å². The van der Waals surface area contributed by atoms with Crippen molar-refractivity contribution < 1.29 is 4.79 Å². The monoisotopic (exact) mass is 180 g/mol. The van der Waals surface area contributed by atoms with Crippen LogP contribution in [0.5, 0.6) is 0 Å². The van der Waals surface area contributed by atoms with Gasteiger partial charge in [-0.3, -0.25) is 4.79 Å². The minimum atomic E-state index is -0.484. The zero-order chi connectivity index (χ0) is 10.4. The lowest BCUT2D eigenvalue weighted by molar-refractivity contribution is 0.100. The number of rotatable bonds is 1. The predicted molar refractivity (Wildman–Crippen MR) is 55.5 cm³/mol. The molecule has 0 atom stereocenters. The Bertz CT molecular complexity index is 295. The van der Waals surface area contributed by atoms with Crippen molar-refractivity contribution in [1.29, 1.82) is 0 Å². The second kappa shape index (κ2) is 5.19. The Balaban J connectivity index is 0.000000671. The van der Waals surface area contributed by atoms with Gasteiger partial charge in [-0.25, -0.2) is 0 Å². The molecular formula is C10H16N2O. The van der Waals surface area contributed by atoms with Crippen LogP contribution in [-0.4, -0.2) is 5.91 Å². The lowest BCUT2D eigenvalue weighted by atomic mass is 10.1. The first-order chi connectivity index (χ1) is 6.11. The van der Waals surface area contributed by atoms with Gasteiger partial charge in [-0.2, -0.15) is 0 Å². The molecule has 0 saturated heterocycles. The van der Waals surface area contributed by atoms with Gasteiger partial charge in [0.2, 0.25) is 0 Å². The highest BCUT2D eigenvalue weighted by molar-refractivity contribution is 5.97. The van der Waals surface area contributed by atoms with Crippen LogP contribution >= 0.6 is 0 Å². The van der Waals surface area contributed by atoms with Gasteiger partial charge in [-0.15, -0.1) is 0 Å². The Morgan fingerprint density at radius 1 is 1.31 bits per heavy atom. The third-order valence-corrected chi connectivity index (χ3v) is 1.47. The summed E-state index contributed by atoms with van der Waals surface area (Å²) in [6.45, 7) is 5.90. The van der Waals surface area contributed by atoms with E-state index in [2.05, 4.69) is 0 Å². The van der Waals surface area contributed by atoms with Gasteiger partial charge >= 0.3 is 0 Å². The Hall–Kier alpha value is -1.51. The van der Waals surface area contributed by atoms with Crippen LogP contribution in [0.3, 0.4) is 0 Å². The van der Waals surface area contributed by atoms with Gasteiger partial charge in [0.15, 0.2) is 0 Å². The molecule has 72 valence electrons. The third kappa shape index (κ3) is 3.15. The number of primary amides is 1. The summed E-state index contributed by atoms with van der Waals surface area (Å²) in [4.78, 5) is 10.7. The average Bonchev–Trinajstić information content (AvgIpc) is 2.07. The van der Waals surface area contributed by atoms with Crippen molar-refractivity contribution >= 4 is 11.6 Å². The number of benzene rings is 1. The molecule has 1 amide bonds. The lowest BCUT2D eigenvalue weighted by Gasteiger charge is -2.00. The third-order valence-electron chi connectivity index (χ3n) is 1.47. The highest BCUT2D eigenvalue weighted by Gasteiger charge is 2.03. The first-order valence-electron chi connectivity index (χ1n) is 4.27. The summed E-state index contributed by atoms with van der Waals surface area (Å²) in [5.74, 6) is -0.484. The van der Waals surface area contributed by atoms with Crippen LogP contribution in [0.1, 0.15) is 29.8 Å². The molecule has 0 radical (unpaired) electrons. The molecule has 0 fully saturated rings. The van der Waals surface area contributed by atoms with Crippen LogP contribution in [0.4, 0.5) is 5.69 Å². The van der Waals surface area contributed by atoms with Gasteiger partial charge in [0.25, 0.3) is 5.91 Å². The van der Waals surface area contributed by atoms with Gasteiger partial charge in [-0.05, 0) is 24.6 Å². The SMILES string of the molecule is CC.Cc1ccc(C(N)=O)c(N)c1. The maximum atomic E-state index is 10.7. The van der Waals surface area contributed by atoms with Crippen molar-refractivity contribution in [2.75, 3.05) is 5.73 Å². The number of hydrogen-bond acceptors (Lipinski definition) is 2. The fourth-order valence-electron chi connectivity index (χ4n) is 0.907. The minimum absolute atomic E-state index is 0.385. The first kappa shape index (κ1) is 11.5. The van der Waals surface area contributed by atoms with Crippen LogP contribution in [0, 0.1) is 6.92 Å². The number of amides is 1. The summed E-state index contributed by atoms with van der Waals surface area (Å²) in [6.07, 6.45) is 0. The zero-order valence-corrected chi connectivity index (χ0v) is 8.29. The molecule has 0 aliphatic carbocycles. The summed E-state index contributed by atoms with van der Waals surface area (Å²) in [6, 6.07) is 5.16. The molecule has 0 spiro atoms.